The highest BCUT2D eigenvalue weighted by atomic mass is 16.5. The smallest absolute Gasteiger partial charge is 0.339 e. The number of aryl methyl sites for hydroxylation is 1. The number of esters is 1. The van der Waals surface area contributed by atoms with Gasteiger partial charge in [-0.3, -0.25) is 9.97 Å². The lowest BCUT2D eigenvalue weighted by Gasteiger charge is -2.17. The van der Waals surface area contributed by atoms with E-state index < -0.39 is 0 Å². The molecule has 1 aromatic carbocycles. The second kappa shape index (κ2) is 7.68. The van der Waals surface area contributed by atoms with Gasteiger partial charge in [-0.25, -0.2) is 4.79 Å². The summed E-state index contributed by atoms with van der Waals surface area (Å²) >= 11 is 0. The van der Waals surface area contributed by atoms with Crippen molar-refractivity contribution in [3.8, 4) is 0 Å². The van der Waals surface area contributed by atoms with Crippen molar-refractivity contribution in [2.75, 3.05) is 0 Å². The van der Waals surface area contributed by atoms with Crippen molar-refractivity contribution in [3.05, 3.63) is 72.2 Å². The van der Waals surface area contributed by atoms with Crippen LogP contribution in [0.4, 0.5) is 0 Å². The van der Waals surface area contributed by atoms with Crippen LogP contribution in [0.1, 0.15) is 35.7 Å². The van der Waals surface area contributed by atoms with Gasteiger partial charge in [0, 0.05) is 24.0 Å². The zero-order valence-corrected chi connectivity index (χ0v) is 13.7. The first kappa shape index (κ1) is 16.1. The summed E-state index contributed by atoms with van der Waals surface area (Å²) in [6.07, 6.45) is 7.65. The van der Waals surface area contributed by atoms with E-state index in [2.05, 4.69) is 9.97 Å². The van der Waals surface area contributed by atoms with Crippen LogP contribution in [0.2, 0.25) is 0 Å². The first-order valence-electron chi connectivity index (χ1n) is 8.21. The fourth-order valence-corrected chi connectivity index (χ4v) is 2.72. The molecule has 0 spiro atoms. The number of aromatic nitrogens is 2. The van der Waals surface area contributed by atoms with Crippen molar-refractivity contribution >= 4 is 16.9 Å². The van der Waals surface area contributed by atoms with Gasteiger partial charge in [0.05, 0.1) is 11.1 Å². The van der Waals surface area contributed by atoms with E-state index in [4.69, 9.17) is 4.74 Å². The summed E-state index contributed by atoms with van der Waals surface area (Å²) in [6, 6.07) is 13.2. The Bertz CT molecular complexity index is 813. The van der Waals surface area contributed by atoms with Crippen molar-refractivity contribution in [1.29, 1.82) is 0 Å². The second-order valence-corrected chi connectivity index (χ2v) is 5.71. The lowest BCUT2D eigenvalue weighted by atomic mass is 10.1. The van der Waals surface area contributed by atoms with Crippen LogP contribution in [0.25, 0.3) is 10.9 Å². The fourth-order valence-electron chi connectivity index (χ4n) is 2.72. The molecule has 0 aliphatic rings. The molecule has 3 rings (SSSR count). The average molecular weight is 320 g/mol. The van der Waals surface area contributed by atoms with Crippen LogP contribution in [0.15, 0.2) is 61.1 Å². The SMILES string of the molecule is CCC(CCc1cccnc1)OC(=O)c1cccc2ncccc12. The predicted molar refractivity (Wildman–Crippen MR) is 93.8 cm³/mol. The van der Waals surface area contributed by atoms with Gasteiger partial charge in [0.1, 0.15) is 6.10 Å². The number of hydrogen-bond donors (Lipinski definition) is 0. The molecule has 0 N–H and O–H groups in total. The van der Waals surface area contributed by atoms with Crippen molar-refractivity contribution in [3.63, 3.8) is 0 Å². The Hall–Kier alpha value is -2.75. The van der Waals surface area contributed by atoms with E-state index in [9.17, 15) is 4.79 Å². The highest BCUT2D eigenvalue weighted by molar-refractivity contribution is 6.03. The monoisotopic (exact) mass is 320 g/mol. The van der Waals surface area contributed by atoms with E-state index in [1.165, 1.54) is 0 Å². The first-order valence-corrected chi connectivity index (χ1v) is 8.21. The van der Waals surface area contributed by atoms with E-state index in [0.29, 0.717) is 5.56 Å². The Labute approximate surface area is 141 Å². The molecule has 0 fully saturated rings. The van der Waals surface area contributed by atoms with Gasteiger partial charge in [0.2, 0.25) is 0 Å². The minimum atomic E-state index is -0.286. The summed E-state index contributed by atoms with van der Waals surface area (Å²) in [5, 5.41) is 0.826. The summed E-state index contributed by atoms with van der Waals surface area (Å²) in [4.78, 5) is 21.0. The molecule has 2 aromatic heterocycles. The van der Waals surface area contributed by atoms with Gasteiger partial charge >= 0.3 is 5.97 Å². The summed E-state index contributed by atoms with van der Waals surface area (Å²) in [5.41, 5.74) is 2.53. The maximum Gasteiger partial charge on any atom is 0.339 e. The van der Waals surface area contributed by atoms with Crippen LogP contribution in [0, 0.1) is 0 Å². The summed E-state index contributed by atoms with van der Waals surface area (Å²) in [5.74, 6) is -0.286. The van der Waals surface area contributed by atoms with Crippen molar-refractivity contribution in [2.45, 2.75) is 32.3 Å². The Morgan fingerprint density at radius 3 is 2.79 bits per heavy atom. The summed E-state index contributed by atoms with van der Waals surface area (Å²) < 4.78 is 5.73. The number of carbonyl (C=O) groups is 1. The minimum Gasteiger partial charge on any atom is -0.459 e. The lowest BCUT2D eigenvalue weighted by molar-refractivity contribution is 0.0276. The van der Waals surface area contributed by atoms with Gasteiger partial charge in [-0.15, -0.1) is 0 Å². The molecule has 4 heteroatoms. The molecule has 4 nitrogen and oxygen atoms in total. The molecular formula is C20H20N2O2. The highest BCUT2D eigenvalue weighted by Crippen LogP contribution is 2.19. The predicted octanol–water partition coefficient (Wildman–Crippen LogP) is 4.20. The second-order valence-electron chi connectivity index (χ2n) is 5.71. The average Bonchev–Trinajstić information content (AvgIpc) is 2.65. The van der Waals surface area contributed by atoms with Gasteiger partial charge in [0.25, 0.3) is 0 Å². The van der Waals surface area contributed by atoms with Crippen molar-refractivity contribution < 1.29 is 9.53 Å². The third-order valence-electron chi connectivity index (χ3n) is 4.07. The van der Waals surface area contributed by atoms with Crippen molar-refractivity contribution in [1.82, 2.24) is 9.97 Å². The number of rotatable bonds is 6. The molecular weight excluding hydrogens is 300 g/mol. The maximum atomic E-state index is 12.6. The van der Waals surface area contributed by atoms with E-state index in [0.717, 1.165) is 35.7 Å². The van der Waals surface area contributed by atoms with E-state index in [1.807, 2.05) is 49.5 Å². The molecule has 0 saturated heterocycles. The topological polar surface area (TPSA) is 52.1 Å². The number of carbonyl (C=O) groups excluding carboxylic acids is 1. The van der Waals surface area contributed by atoms with Gasteiger partial charge in [0.15, 0.2) is 0 Å². The molecule has 3 aromatic rings. The molecule has 0 aliphatic heterocycles. The first-order chi connectivity index (χ1) is 11.8. The molecule has 1 unspecified atom stereocenters. The zero-order chi connectivity index (χ0) is 16.8. The number of hydrogen-bond acceptors (Lipinski definition) is 4. The highest BCUT2D eigenvalue weighted by Gasteiger charge is 2.17. The number of benzene rings is 1. The molecule has 24 heavy (non-hydrogen) atoms. The van der Waals surface area contributed by atoms with Crippen LogP contribution in [-0.2, 0) is 11.2 Å². The standard InChI is InChI=1S/C20H20N2O2/c1-2-16(11-10-15-6-4-12-21-14-15)24-20(23)18-7-3-9-19-17(18)8-5-13-22-19/h3-9,12-14,16H,2,10-11H2,1H3. The van der Waals surface area contributed by atoms with Crippen LogP contribution in [0.5, 0.6) is 0 Å². The molecule has 2 heterocycles. The molecule has 0 bridgehead atoms. The van der Waals surface area contributed by atoms with Gasteiger partial charge < -0.3 is 4.74 Å². The Morgan fingerprint density at radius 1 is 1.12 bits per heavy atom. The quantitative estimate of drug-likeness (QED) is 0.639. The number of nitrogens with zero attached hydrogens (tertiary/aromatic N) is 2. The lowest BCUT2D eigenvalue weighted by Crippen LogP contribution is -2.18. The molecule has 0 saturated carbocycles. The third kappa shape index (κ3) is 3.77. The normalized spacial score (nSPS) is 12.0. The van der Waals surface area contributed by atoms with Crippen LogP contribution in [-0.4, -0.2) is 22.0 Å². The minimum absolute atomic E-state index is 0.107. The molecule has 0 radical (unpaired) electrons. The van der Waals surface area contributed by atoms with Crippen molar-refractivity contribution in [2.24, 2.45) is 0 Å². The van der Waals surface area contributed by atoms with Crippen LogP contribution in [0.3, 0.4) is 0 Å². The number of ether oxygens (including phenoxy) is 1. The van der Waals surface area contributed by atoms with E-state index in [1.54, 1.807) is 18.5 Å². The number of fused-ring (bicyclic) bond motifs is 1. The van der Waals surface area contributed by atoms with E-state index in [-0.39, 0.29) is 12.1 Å². The largest absolute Gasteiger partial charge is 0.459 e. The molecule has 0 amide bonds. The van der Waals surface area contributed by atoms with Crippen LogP contribution >= 0.6 is 0 Å². The van der Waals surface area contributed by atoms with Gasteiger partial charge in [-0.05, 0) is 49.1 Å². The molecule has 1 atom stereocenters. The van der Waals surface area contributed by atoms with Crippen LogP contribution < -0.4 is 0 Å². The van der Waals surface area contributed by atoms with E-state index >= 15 is 0 Å². The molecule has 122 valence electrons. The van der Waals surface area contributed by atoms with Gasteiger partial charge in [-0.2, -0.15) is 0 Å². The van der Waals surface area contributed by atoms with Gasteiger partial charge in [-0.1, -0.05) is 25.1 Å². The Balaban J connectivity index is 1.70. The fraction of sp³-hybridized carbons (Fsp3) is 0.250. The maximum absolute atomic E-state index is 12.6. The Kier molecular flexibility index (Phi) is 5.16. The zero-order valence-electron chi connectivity index (χ0n) is 13.7. The molecule has 0 aliphatic carbocycles. The summed E-state index contributed by atoms with van der Waals surface area (Å²) in [6.45, 7) is 2.03. The summed E-state index contributed by atoms with van der Waals surface area (Å²) in [7, 11) is 0. The third-order valence-corrected chi connectivity index (χ3v) is 4.07. The number of pyridine rings is 2. The Morgan fingerprint density at radius 2 is 2.00 bits per heavy atom.